The van der Waals surface area contributed by atoms with Gasteiger partial charge in [-0.25, -0.2) is 41.5 Å². The van der Waals surface area contributed by atoms with Crippen molar-refractivity contribution >= 4 is 48.3 Å². The lowest BCUT2D eigenvalue weighted by Gasteiger charge is -2.59. The van der Waals surface area contributed by atoms with Crippen LogP contribution in [0.25, 0.3) is 0 Å². The molecule has 4 bridgehead atoms. The first-order valence-electron chi connectivity index (χ1n) is 48.1. The number of esters is 2. The number of alkyl halides is 4. The predicted molar refractivity (Wildman–Crippen MR) is 475 cm³/mol. The van der Waals surface area contributed by atoms with Gasteiger partial charge < -0.3 is 96.1 Å². The monoisotopic (exact) mass is 1810 g/mol. The molecule has 32 heteroatoms. The van der Waals surface area contributed by atoms with Crippen LogP contribution in [0, 0.1) is 52.8 Å². The molecule has 6 amide bonds. The number of ether oxygens (including phenoxy) is 13. The Morgan fingerprint density at radius 2 is 0.944 bits per heavy atom. The average Bonchev–Trinajstić information content (AvgIpc) is 1.11. The maximum Gasteiger partial charge on any atom is 0.409 e. The highest BCUT2D eigenvalue weighted by molar-refractivity contribution is 5.84. The van der Waals surface area contributed by atoms with Gasteiger partial charge in [-0.05, 0) is 205 Å². The summed E-state index contributed by atoms with van der Waals surface area (Å²) in [6, 6.07) is 0.564. The van der Waals surface area contributed by atoms with Crippen LogP contribution in [0.4, 0.5) is 41.5 Å². The molecule has 0 aromatic heterocycles. The van der Waals surface area contributed by atoms with Gasteiger partial charge in [-0.15, -0.1) is 0 Å². The Bertz CT molecular complexity index is 2940. The number of piperidine rings is 1. The quantitative estimate of drug-likeness (QED) is 0.0634. The first kappa shape index (κ1) is 114. The van der Waals surface area contributed by atoms with Crippen molar-refractivity contribution in [3.63, 3.8) is 0 Å². The van der Waals surface area contributed by atoms with Crippen LogP contribution in [0.15, 0.2) is 0 Å². The number of rotatable bonds is 21. The fourth-order valence-electron chi connectivity index (χ4n) is 16.6. The zero-order valence-electron chi connectivity index (χ0n) is 80.8. The van der Waals surface area contributed by atoms with Gasteiger partial charge in [0.15, 0.2) is 0 Å². The molecule has 7 unspecified atom stereocenters. The van der Waals surface area contributed by atoms with Crippen molar-refractivity contribution in [2.45, 2.75) is 325 Å². The summed E-state index contributed by atoms with van der Waals surface area (Å²) in [5, 5.41) is 10.5. The first-order valence-corrected chi connectivity index (χ1v) is 48.1. The molecule has 7 aliphatic heterocycles. The second-order valence-corrected chi connectivity index (χ2v) is 36.0. The van der Waals surface area contributed by atoms with E-state index in [2.05, 4.69) is 34.6 Å². The zero-order valence-corrected chi connectivity index (χ0v) is 80.8. The summed E-state index contributed by atoms with van der Waals surface area (Å²) in [6.07, 6.45) is 25.0. The smallest absolute Gasteiger partial charge is 0.409 e. The van der Waals surface area contributed by atoms with Gasteiger partial charge in [-0.1, -0.05) is 87.0 Å². The molecule has 126 heavy (non-hydrogen) atoms. The number of amides is 6. The molecule has 7 heterocycles. The molecule has 0 aromatic rings. The number of hydrogen-bond donors (Lipinski definition) is 1. The summed E-state index contributed by atoms with van der Waals surface area (Å²) in [6.45, 7) is 46.1. The third kappa shape index (κ3) is 46.8. The lowest BCUT2D eigenvalue weighted by molar-refractivity contribution is -0.157. The number of aliphatic hydroxyl groups is 1. The van der Waals surface area contributed by atoms with Gasteiger partial charge in [0.2, 0.25) is 0 Å². The molecule has 7 saturated heterocycles. The van der Waals surface area contributed by atoms with E-state index in [1.54, 1.807) is 52.3 Å². The maximum atomic E-state index is 12.6. The summed E-state index contributed by atoms with van der Waals surface area (Å²) >= 11 is 0. The molecule has 28 nitrogen and oxygen atoms in total. The van der Waals surface area contributed by atoms with E-state index in [9.17, 15) is 61.0 Å². The van der Waals surface area contributed by atoms with Crippen molar-refractivity contribution in [1.82, 2.24) is 29.4 Å². The van der Waals surface area contributed by atoms with Crippen LogP contribution in [-0.2, 0) is 76.0 Å². The molecule has 736 valence electrons. The molecule has 0 spiro atoms. The van der Waals surface area contributed by atoms with Gasteiger partial charge in [0.05, 0.1) is 97.9 Å². The van der Waals surface area contributed by atoms with Gasteiger partial charge in [0, 0.05) is 143 Å². The van der Waals surface area contributed by atoms with Crippen LogP contribution in [0.2, 0.25) is 0 Å². The van der Waals surface area contributed by atoms with Crippen molar-refractivity contribution in [3.8, 4) is 0 Å². The molecule has 8 aliphatic carbocycles. The number of nitrogens with zero attached hydrogens (tertiary/aromatic N) is 6. The molecular formula is C94H170F4N6O22. The van der Waals surface area contributed by atoms with Gasteiger partial charge >= 0.3 is 42.4 Å². The highest BCUT2D eigenvalue weighted by atomic mass is 19.3. The molecule has 0 aromatic carbocycles. The third-order valence-corrected chi connectivity index (χ3v) is 25.0. The number of likely N-dealkylation sites (tertiary alicyclic amines) is 2. The summed E-state index contributed by atoms with van der Waals surface area (Å²) < 4.78 is 114. The fraction of sp³-hybridized carbons (Fsp3) is 0.915. The summed E-state index contributed by atoms with van der Waals surface area (Å²) in [7, 11) is 3.64. The van der Waals surface area contributed by atoms with E-state index in [0.29, 0.717) is 142 Å². The molecule has 15 fully saturated rings. The van der Waals surface area contributed by atoms with Crippen molar-refractivity contribution < 1.29 is 123 Å². The van der Waals surface area contributed by atoms with Crippen molar-refractivity contribution in [2.75, 3.05) is 179 Å². The molecule has 1 N–H and O–H groups in total. The Morgan fingerprint density at radius 3 is 1.31 bits per heavy atom. The number of hydrogen-bond acceptors (Lipinski definition) is 22. The predicted octanol–water partition coefficient (Wildman–Crippen LogP) is 18.1. The van der Waals surface area contributed by atoms with E-state index in [-0.39, 0.29) is 105 Å². The van der Waals surface area contributed by atoms with E-state index < -0.39 is 29.1 Å². The van der Waals surface area contributed by atoms with Crippen LogP contribution in [0.5, 0.6) is 0 Å². The molecule has 8 saturated carbocycles. The summed E-state index contributed by atoms with van der Waals surface area (Å²) in [4.78, 5) is 100. The number of morpholine rings is 2. The van der Waals surface area contributed by atoms with Gasteiger partial charge in [-0.3, -0.25) is 14.4 Å². The minimum absolute atomic E-state index is 0.0223. The topological polar surface area (TPSA) is 296 Å². The average molecular weight is 1810 g/mol. The van der Waals surface area contributed by atoms with Crippen molar-refractivity contribution in [1.29, 1.82) is 0 Å². The molecule has 15 rings (SSSR count). The second-order valence-electron chi connectivity index (χ2n) is 36.0. The molecule has 0 radical (unpaired) electrons. The summed E-state index contributed by atoms with van der Waals surface area (Å²) in [5.41, 5.74) is -0.339. The van der Waals surface area contributed by atoms with E-state index >= 15 is 0 Å². The van der Waals surface area contributed by atoms with E-state index in [4.69, 9.17) is 61.6 Å². The largest absolute Gasteiger partial charge is 0.466 e. The Kier molecular flexibility index (Phi) is 56.1. The standard InChI is InChI=1S/C14H23NO3.C10H19NO3.C9H17NO3.C8H13F2NO2.2C8H14O3.C7H13NO3.C7H13NO2.3C6H12.C5H8F2/c1-3-18-13(16)15(2)12-10-4-9-5-11(12)8-14(17,6-9)7-10;1-4-14-10(2,3)9(12)11-5-7-13-8-6-11;1-3-13-9(11)10(2)8-4-6-12-7-5-8;1-2-13-7(12)11-5-3-8(9,10)4-6-11;1-2-11-8(9)5-7-3-4-10-6-7;1-2-3-8(9)11-7-4-5-10-6-7;1-2-11-7(9)8-3-5-10-6-4-8;1-2-10-7(9)8-5-3-4-6-8;1-3-6(2)4-5-6;1-3-6-4-5(6)2;1-2-3-6-4-5-6;1-2-4-3-5(4,6)7/h9-12,17H,3-8H2,1-2H3;4-8H2,1-3H3;8H,3-7H2,1-2H3;2-6H2,1H3;2*7H,2-6H2,1H3;2-6H2,1H3;2-6H2,1H3;3-5H2,1-2H3;5-6H,3-4H2,1-2H3;6H,2-5H2,1H3;4H,2-3H2,1H3. The molecule has 15 aliphatic rings. The maximum absolute atomic E-state index is 12.6. The summed E-state index contributed by atoms with van der Waals surface area (Å²) in [5.74, 6) is 0.0217. The van der Waals surface area contributed by atoms with E-state index in [1.165, 1.54) is 75.5 Å². The van der Waals surface area contributed by atoms with E-state index in [0.717, 1.165) is 134 Å². The second kappa shape index (κ2) is 61.8. The van der Waals surface area contributed by atoms with Crippen LogP contribution < -0.4 is 0 Å². The first-order chi connectivity index (χ1) is 59.9. The minimum atomic E-state index is -2.61. The minimum Gasteiger partial charge on any atom is -0.466 e. The SMILES string of the molecule is CCC1(C)CC1.CCC1CC1(F)F.CCC1CC1C.CCCC(=O)OC1CCOC1.CCCC1CC1.CCOC(=O)CC1CCOC1.CCOC(=O)N(C)C1C2CC3CC1CC(O)(C3)C2.CCOC(=O)N(C)C1CCOCC1.CCOC(=O)N1CCC(F)(F)CC1.CCOC(=O)N1CCCC1.CCOC(=O)N1CCOCC1.CCOC(C)(C)C(=O)N1CCOCC1. The Hall–Kier alpha value is -5.80. The number of halogens is 4. The van der Waals surface area contributed by atoms with Crippen molar-refractivity contribution in [2.24, 2.45) is 52.8 Å². The van der Waals surface area contributed by atoms with Crippen LogP contribution in [-0.4, -0.2) is 303 Å². The zero-order chi connectivity index (χ0) is 93.9. The highest BCUT2D eigenvalue weighted by Crippen LogP contribution is 2.57. The van der Waals surface area contributed by atoms with Crippen LogP contribution >= 0.6 is 0 Å². The Morgan fingerprint density at radius 1 is 0.484 bits per heavy atom. The van der Waals surface area contributed by atoms with Crippen molar-refractivity contribution in [3.05, 3.63) is 0 Å². The third-order valence-electron chi connectivity index (χ3n) is 25.0. The van der Waals surface area contributed by atoms with Gasteiger partial charge in [0.1, 0.15) is 11.7 Å². The number of carbonyl (C=O) groups excluding carboxylic acids is 8. The highest BCUT2D eigenvalue weighted by Gasteiger charge is 2.57. The Labute approximate surface area is 753 Å². The lowest BCUT2D eigenvalue weighted by Crippen LogP contribution is -2.61. The fourth-order valence-corrected chi connectivity index (χ4v) is 16.6. The number of carbonyl (C=O) groups is 8. The molecular weight excluding hydrogens is 1640 g/mol. The molecule has 7 atom stereocenters. The van der Waals surface area contributed by atoms with E-state index in [1.807, 2.05) is 62.4 Å². The van der Waals surface area contributed by atoms with Gasteiger partial charge in [0.25, 0.3) is 17.8 Å². The Balaban J connectivity index is 0.000000359. The van der Waals surface area contributed by atoms with Crippen LogP contribution in [0.3, 0.4) is 0 Å². The van der Waals surface area contributed by atoms with Gasteiger partial charge in [-0.2, -0.15) is 0 Å². The normalized spacial score (nSPS) is 26.0. The van der Waals surface area contributed by atoms with Crippen LogP contribution in [0.1, 0.15) is 284 Å². The lowest BCUT2D eigenvalue weighted by atomic mass is 9.52.